The van der Waals surface area contributed by atoms with E-state index in [0.717, 1.165) is 4.90 Å². The molecule has 136 valence electrons. The highest BCUT2D eigenvalue weighted by Crippen LogP contribution is 2.36. The van der Waals surface area contributed by atoms with Crippen molar-refractivity contribution in [3.05, 3.63) is 35.9 Å². The lowest BCUT2D eigenvalue weighted by atomic mass is 10.1. The van der Waals surface area contributed by atoms with E-state index in [9.17, 15) is 23.1 Å². The molecule has 0 bridgehead atoms. The van der Waals surface area contributed by atoms with Crippen molar-refractivity contribution >= 4 is 50.8 Å². The molecule has 0 amide bonds. The monoisotopic (exact) mass is 404 g/mol. The van der Waals surface area contributed by atoms with E-state index in [2.05, 4.69) is 0 Å². The number of ketones is 1. The minimum absolute atomic E-state index is 0.0589. The summed E-state index contributed by atoms with van der Waals surface area (Å²) in [5, 5.41) is 9.56. The predicted molar refractivity (Wildman–Crippen MR) is 96.8 cm³/mol. The average molecular weight is 405 g/mol. The molecular formula is C15H17ClN2O5S2. The third-order valence-corrected chi connectivity index (χ3v) is 6.90. The summed E-state index contributed by atoms with van der Waals surface area (Å²) < 4.78 is 26.1. The Hall–Kier alpha value is -1.55. The second kappa shape index (κ2) is 7.77. The Morgan fingerprint density at radius 1 is 1.28 bits per heavy atom. The molecule has 1 fully saturated rings. The number of rotatable bonds is 7. The molecule has 2 N–H and O–H groups in total. The first-order valence-electron chi connectivity index (χ1n) is 7.50. The third kappa shape index (κ3) is 3.69. The van der Waals surface area contributed by atoms with Gasteiger partial charge in [0.05, 0.1) is 4.99 Å². The van der Waals surface area contributed by atoms with Crippen LogP contribution in [0.15, 0.2) is 30.3 Å². The van der Waals surface area contributed by atoms with E-state index in [0.29, 0.717) is 12.0 Å². The molecule has 0 radical (unpaired) electrons. The number of Topliss-reactive ketones (excluding diaryl/α,β-unsaturated/α-hetero) is 1. The molecule has 25 heavy (non-hydrogen) atoms. The van der Waals surface area contributed by atoms with E-state index >= 15 is 0 Å². The second-order valence-electron chi connectivity index (χ2n) is 5.61. The van der Waals surface area contributed by atoms with Crippen molar-refractivity contribution in [2.75, 3.05) is 6.54 Å². The Morgan fingerprint density at radius 3 is 2.48 bits per heavy atom. The van der Waals surface area contributed by atoms with Crippen LogP contribution in [0.25, 0.3) is 0 Å². The molecule has 1 aliphatic rings. The van der Waals surface area contributed by atoms with E-state index in [1.807, 2.05) is 0 Å². The summed E-state index contributed by atoms with van der Waals surface area (Å²) in [6.45, 7) is 0.169. The molecule has 1 heterocycles. The number of hydrogen-bond acceptors (Lipinski definition) is 5. The van der Waals surface area contributed by atoms with E-state index in [1.165, 1.54) is 0 Å². The lowest BCUT2D eigenvalue weighted by Crippen LogP contribution is -2.60. The van der Waals surface area contributed by atoms with Gasteiger partial charge >= 0.3 is 5.97 Å². The standard InChI is InChI=1S/C15H17ClN2O5S2/c16-17-25(22,23)15(14(20)21)9-4-10-18(15)13(24)8-7-12(19)11-5-2-1-3-6-11/h1-3,5-6,17H,4,7-10H2,(H,20,21)/t15-/m1/s1. The van der Waals surface area contributed by atoms with Crippen molar-refractivity contribution < 1.29 is 23.1 Å². The number of benzene rings is 1. The van der Waals surface area contributed by atoms with Crippen molar-refractivity contribution in [3.8, 4) is 0 Å². The number of nitrogens with one attached hydrogen (secondary N) is 1. The Bertz CT molecular complexity index is 784. The molecule has 0 aromatic heterocycles. The quantitative estimate of drug-likeness (QED) is 0.406. The smallest absolute Gasteiger partial charge is 0.347 e. The zero-order chi connectivity index (χ0) is 18.7. The summed E-state index contributed by atoms with van der Waals surface area (Å²) in [6.07, 6.45) is 0.327. The Morgan fingerprint density at radius 2 is 1.92 bits per heavy atom. The van der Waals surface area contributed by atoms with Crippen LogP contribution in [-0.4, -0.2) is 46.6 Å². The maximum atomic E-state index is 12.2. The van der Waals surface area contributed by atoms with Gasteiger partial charge in [-0.05, 0) is 24.6 Å². The molecule has 0 unspecified atom stereocenters. The Balaban J connectivity index is 2.17. The van der Waals surface area contributed by atoms with Gasteiger partial charge in [0, 0.05) is 24.9 Å². The summed E-state index contributed by atoms with van der Waals surface area (Å²) in [5.74, 6) is -1.70. The van der Waals surface area contributed by atoms with E-state index in [1.54, 1.807) is 34.6 Å². The van der Waals surface area contributed by atoms with Crippen LogP contribution in [0.2, 0.25) is 0 Å². The van der Waals surface area contributed by atoms with Gasteiger partial charge in [0.25, 0.3) is 14.9 Å². The van der Waals surface area contributed by atoms with Crippen molar-refractivity contribution in [3.63, 3.8) is 0 Å². The third-order valence-electron chi connectivity index (χ3n) is 4.18. The van der Waals surface area contributed by atoms with Gasteiger partial charge in [-0.2, -0.15) is 0 Å². The number of hydrogen-bond donors (Lipinski definition) is 2. The molecule has 2 rings (SSSR count). The minimum Gasteiger partial charge on any atom is -0.479 e. The molecule has 7 nitrogen and oxygen atoms in total. The highest BCUT2D eigenvalue weighted by Gasteiger charge is 2.59. The van der Waals surface area contributed by atoms with Gasteiger partial charge in [0.15, 0.2) is 5.78 Å². The lowest BCUT2D eigenvalue weighted by Gasteiger charge is -2.34. The number of carbonyl (C=O) groups is 2. The van der Waals surface area contributed by atoms with Crippen LogP contribution < -0.4 is 4.24 Å². The number of carboxylic acid groups (broad SMARTS) is 1. The fourth-order valence-corrected chi connectivity index (χ4v) is 4.97. The van der Waals surface area contributed by atoms with Crippen LogP contribution in [-0.2, 0) is 14.8 Å². The lowest BCUT2D eigenvalue weighted by molar-refractivity contribution is -0.142. The number of thiocarbonyl (C=S) groups is 1. The molecule has 1 atom stereocenters. The normalized spacial score (nSPS) is 20.4. The number of halogens is 1. The van der Waals surface area contributed by atoms with Crippen LogP contribution in [0, 0.1) is 0 Å². The second-order valence-corrected chi connectivity index (χ2v) is 8.38. The summed E-state index contributed by atoms with van der Waals surface area (Å²) in [7, 11) is -4.37. The topological polar surface area (TPSA) is 104 Å². The minimum atomic E-state index is -4.37. The fraction of sp³-hybridized carbons (Fsp3) is 0.400. The van der Waals surface area contributed by atoms with Crippen LogP contribution in [0.5, 0.6) is 0 Å². The van der Waals surface area contributed by atoms with E-state index < -0.39 is 20.9 Å². The first kappa shape index (κ1) is 19.8. The summed E-state index contributed by atoms with van der Waals surface area (Å²) >= 11 is 10.5. The number of likely N-dealkylation sites (tertiary alicyclic amines) is 1. The van der Waals surface area contributed by atoms with Gasteiger partial charge in [0.1, 0.15) is 0 Å². The molecule has 1 aromatic carbocycles. The number of sulfonamides is 1. The first-order valence-corrected chi connectivity index (χ1v) is 9.77. The maximum Gasteiger partial charge on any atom is 0.347 e. The van der Waals surface area contributed by atoms with Crippen LogP contribution in [0.1, 0.15) is 36.0 Å². The number of nitrogens with zero attached hydrogens (tertiary/aromatic N) is 1. The summed E-state index contributed by atoms with van der Waals surface area (Å²) in [5.41, 5.74) is 0.520. The first-order chi connectivity index (χ1) is 11.8. The fourth-order valence-electron chi connectivity index (χ4n) is 2.92. The molecule has 1 aromatic rings. The van der Waals surface area contributed by atoms with Crippen molar-refractivity contribution in [1.29, 1.82) is 0 Å². The van der Waals surface area contributed by atoms with Crippen molar-refractivity contribution in [1.82, 2.24) is 9.14 Å². The largest absolute Gasteiger partial charge is 0.479 e. The van der Waals surface area contributed by atoms with E-state index in [4.69, 9.17) is 24.0 Å². The van der Waals surface area contributed by atoms with Crippen LogP contribution in [0.4, 0.5) is 0 Å². The molecule has 0 spiro atoms. The Kier molecular flexibility index (Phi) is 6.15. The zero-order valence-corrected chi connectivity index (χ0v) is 15.5. The van der Waals surface area contributed by atoms with Gasteiger partial charge in [-0.15, -0.1) is 4.24 Å². The van der Waals surface area contributed by atoms with Gasteiger partial charge in [-0.25, -0.2) is 13.2 Å². The van der Waals surface area contributed by atoms with Gasteiger partial charge < -0.3 is 10.0 Å². The molecule has 1 aliphatic heterocycles. The maximum absolute atomic E-state index is 12.2. The SMILES string of the molecule is O=C(CCC(=S)N1CCC[C@]1(C(=O)O)S(=O)(=O)NCl)c1ccccc1. The molecule has 10 heteroatoms. The van der Waals surface area contributed by atoms with Crippen molar-refractivity contribution in [2.45, 2.75) is 30.6 Å². The number of carboxylic acids is 1. The molecular weight excluding hydrogens is 388 g/mol. The average Bonchev–Trinajstić information content (AvgIpc) is 3.07. The Labute approximate surface area is 156 Å². The van der Waals surface area contributed by atoms with Crippen LogP contribution >= 0.6 is 24.0 Å². The zero-order valence-electron chi connectivity index (χ0n) is 13.1. The van der Waals surface area contributed by atoms with Crippen LogP contribution in [0.3, 0.4) is 0 Å². The van der Waals surface area contributed by atoms with Crippen molar-refractivity contribution in [2.24, 2.45) is 0 Å². The molecule has 0 aliphatic carbocycles. The number of aliphatic carboxylic acids is 1. The van der Waals surface area contributed by atoms with Gasteiger partial charge in [0.2, 0.25) is 0 Å². The van der Waals surface area contributed by atoms with Gasteiger partial charge in [-0.1, -0.05) is 42.5 Å². The molecule has 1 saturated heterocycles. The number of carbonyl (C=O) groups excluding carboxylic acids is 1. The summed E-state index contributed by atoms with van der Waals surface area (Å²) in [4.78, 5) is 22.9. The molecule has 0 saturated carbocycles. The highest BCUT2D eigenvalue weighted by atomic mass is 35.5. The van der Waals surface area contributed by atoms with Gasteiger partial charge in [-0.3, -0.25) is 4.79 Å². The summed E-state index contributed by atoms with van der Waals surface area (Å²) in [6, 6.07) is 8.60. The van der Waals surface area contributed by atoms with E-state index in [-0.39, 0.29) is 36.6 Å². The predicted octanol–water partition coefficient (Wildman–Crippen LogP) is 1.93. The highest BCUT2D eigenvalue weighted by molar-refractivity contribution is 7.92.